The summed E-state index contributed by atoms with van der Waals surface area (Å²) in [5.41, 5.74) is 2.62. The maximum absolute atomic E-state index is 12.3. The first-order valence-electron chi connectivity index (χ1n) is 6.79. The van der Waals surface area contributed by atoms with Crippen LogP contribution in [0.15, 0.2) is 18.2 Å². The van der Waals surface area contributed by atoms with E-state index in [1.165, 1.54) is 0 Å². The zero-order chi connectivity index (χ0) is 14.2. The highest BCUT2D eigenvalue weighted by atomic mass is 16.7. The van der Waals surface area contributed by atoms with E-state index in [4.69, 9.17) is 9.47 Å². The molecule has 7 nitrogen and oxygen atoms in total. The number of benzene rings is 1. The van der Waals surface area contributed by atoms with Crippen LogP contribution < -0.4 is 20.1 Å². The molecule has 0 saturated heterocycles. The zero-order valence-corrected chi connectivity index (χ0v) is 11.2. The van der Waals surface area contributed by atoms with Gasteiger partial charge in [-0.3, -0.25) is 9.89 Å². The molecule has 1 aromatic carbocycles. The molecule has 3 heterocycles. The second-order valence-corrected chi connectivity index (χ2v) is 4.98. The van der Waals surface area contributed by atoms with Crippen molar-refractivity contribution in [1.82, 2.24) is 15.5 Å². The molecule has 2 aliphatic heterocycles. The van der Waals surface area contributed by atoms with Crippen LogP contribution in [-0.2, 0) is 13.0 Å². The molecule has 1 amide bonds. The molecule has 7 heteroatoms. The van der Waals surface area contributed by atoms with E-state index in [9.17, 15) is 4.79 Å². The van der Waals surface area contributed by atoms with Crippen LogP contribution in [0, 0.1) is 0 Å². The van der Waals surface area contributed by atoms with Crippen LogP contribution in [0.25, 0.3) is 0 Å². The Morgan fingerprint density at radius 3 is 3.14 bits per heavy atom. The van der Waals surface area contributed by atoms with Gasteiger partial charge in [0.05, 0.1) is 5.69 Å². The van der Waals surface area contributed by atoms with Crippen LogP contribution in [0.4, 0.5) is 5.82 Å². The first kappa shape index (κ1) is 12.2. The summed E-state index contributed by atoms with van der Waals surface area (Å²) >= 11 is 0. The highest BCUT2D eigenvalue weighted by Gasteiger charge is 2.20. The summed E-state index contributed by atoms with van der Waals surface area (Å²) in [6, 6.07) is 5.13. The van der Waals surface area contributed by atoms with Gasteiger partial charge in [-0.1, -0.05) is 0 Å². The van der Waals surface area contributed by atoms with Crippen molar-refractivity contribution in [1.29, 1.82) is 0 Å². The standard InChI is InChI=1S/C14H14N4O3/c19-14(8-1-2-11-12(5-8)21-7-20-11)16-13-9-3-4-15-6-10(9)17-18-13/h1-2,5,15H,3-4,6-7H2,(H2,16,17,18,19). The molecule has 0 saturated carbocycles. The average molecular weight is 286 g/mol. The lowest BCUT2D eigenvalue weighted by atomic mass is 10.1. The number of aromatic nitrogens is 2. The van der Waals surface area contributed by atoms with Gasteiger partial charge in [-0.2, -0.15) is 5.10 Å². The number of ether oxygens (including phenoxy) is 2. The van der Waals surface area contributed by atoms with Crippen LogP contribution in [-0.4, -0.2) is 29.4 Å². The number of anilines is 1. The van der Waals surface area contributed by atoms with Gasteiger partial charge in [0, 0.05) is 17.7 Å². The Labute approximate surface area is 120 Å². The van der Waals surface area contributed by atoms with Crippen molar-refractivity contribution in [2.24, 2.45) is 0 Å². The molecule has 0 unspecified atom stereocenters. The zero-order valence-electron chi connectivity index (χ0n) is 11.2. The fourth-order valence-corrected chi connectivity index (χ4v) is 2.56. The van der Waals surface area contributed by atoms with Crippen LogP contribution in [0.2, 0.25) is 0 Å². The van der Waals surface area contributed by atoms with E-state index in [1.54, 1.807) is 18.2 Å². The second kappa shape index (κ2) is 4.78. The number of hydrogen-bond acceptors (Lipinski definition) is 5. The Morgan fingerprint density at radius 1 is 1.29 bits per heavy atom. The topological polar surface area (TPSA) is 88.3 Å². The van der Waals surface area contributed by atoms with Crippen LogP contribution in [0.3, 0.4) is 0 Å². The van der Waals surface area contributed by atoms with Crippen molar-refractivity contribution in [2.75, 3.05) is 18.7 Å². The molecule has 0 atom stereocenters. The summed E-state index contributed by atoms with van der Waals surface area (Å²) in [5.74, 6) is 1.65. The van der Waals surface area contributed by atoms with Crippen LogP contribution in [0.1, 0.15) is 21.6 Å². The summed E-state index contributed by atoms with van der Waals surface area (Å²) in [6.07, 6.45) is 0.850. The molecule has 0 radical (unpaired) electrons. The van der Waals surface area contributed by atoms with Gasteiger partial charge < -0.3 is 20.1 Å². The van der Waals surface area contributed by atoms with E-state index in [-0.39, 0.29) is 12.7 Å². The number of hydrogen-bond donors (Lipinski definition) is 3. The molecule has 3 N–H and O–H groups in total. The third-order valence-corrected chi connectivity index (χ3v) is 3.67. The minimum atomic E-state index is -0.207. The lowest BCUT2D eigenvalue weighted by Gasteiger charge is -2.13. The number of carbonyl (C=O) groups excluding carboxylic acids is 1. The van der Waals surface area contributed by atoms with Gasteiger partial charge in [0.2, 0.25) is 6.79 Å². The summed E-state index contributed by atoms with van der Waals surface area (Å²) in [5, 5.41) is 13.2. The molecule has 2 aliphatic rings. The summed E-state index contributed by atoms with van der Waals surface area (Å²) in [4.78, 5) is 12.3. The van der Waals surface area contributed by atoms with Gasteiger partial charge in [0.15, 0.2) is 17.3 Å². The predicted molar refractivity (Wildman–Crippen MR) is 74.5 cm³/mol. The Kier molecular flexibility index (Phi) is 2.78. The van der Waals surface area contributed by atoms with Crippen molar-refractivity contribution < 1.29 is 14.3 Å². The van der Waals surface area contributed by atoms with E-state index in [0.29, 0.717) is 22.9 Å². The molecular formula is C14H14N4O3. The third-order valence-electron chi connectivity index (χ3n) is 3.67. The van der Waals surface area contributed by atoms with Crippen LogP contribution in [0.5, 0.6) is 11.5 Å². The van der Waals surface area contributed by atoms with Crippen molar-refractivity contribution in [3.05, 3.63) is 35.0 Å². The van der Waals surface area contributed by atoms with Gasteiger partial charge >= 0.3 is 0 Å². The van der Waals surface area contributed by atoms with Crippen molar-refractivity contribution >= 4 is 11.7 Å². The highest BCUT2D eigenvalue weighted by molar-refractivity contribution is 6.04. The predicted octanol–water partition coefficient (Wildman–Crippen LogP) is 1.04. The Morgan fingerprint density at radius 2 is 2.19 bits per heavy atom. The van der Waals surface area contributed by atoms with E-state index in [0.717, 1.165) is 30.8 Å². The van der Waals surface area contributed by atoms with Gasteiger partial charge in [-0.25, -0.2) is 0 Å². The number of nitrogens with zero attached hydrogens (tertiary/aromatic N) is 1. The Bertz CT molecular complexity index is 710. The molecule has 0 bridgehead atoms. The minimum Gasteiger partial charge on any atom is -0.454 e. The third kappa shape index (κ3) is 2.11. The van der Waals surface area contributed by atoms with E-state index < -0.39 is 0 Å². The van der Waals surface area contributed by atoms with E-state index >= 15 is 0 Å². The van der Waals surface area contributed by atoms with E-state index in [2.05, 4.69) is 20.8 Å². The van der Waals surface area contributed by atoms with Crippen LogP contribution >= 0.6 is 0 Å². The molecule has 1 aromatic heterocycles. The number of aromatic amines is 1. The summed E-state index contributed by atoms with van der Waals surface area (Å²) < 4.78 is 10.5. The van der Waals surface area contributed by atoms with Gasteiger partial charge in [0.25, 0.3) is 5.91 Å². The normalized spacial score (nSPS) is 15.6. The van der Waals surface area contributed by atoms with Crippen molar-refractivity contribution in [3.8, 4) is 11.5 Å². The number of H-pyrrole nitrogens is 1. The molecule has 0 spiro atoms. The molecule has 2 aromatic rings. The Hall–Kier alpha value is -2.54. The number of amides is 1. The van der Waals surface area contributed by atoms with Crippen molar-refractivity contribution in [3.63, 3.8) is 0 Å². The number of fused-ring (bicyclic) bond motifs is 2. The quantitative estimate of drug-likeness (QED) is 0.767. The highest BCUT2D eigenvalue weighted by Crippen LogP contribution is 2.32. The fraction of sp³-hybridized carbons (Fsp3) is 0.286. The lowest BCUT2D eigenvalue weighted by Crippen LogP contribution is -2.24. The maximum Gasteiger partial charge on any atom is 0.257 e. The minimum absolute atomic E-state index is 0.195. The fourth-order valence-electron chi connectivity index (χ4n) is 2.56. The molecule has 21 heavy (non-hydrogen) atoms. The Balaban J connectivity index is 1.57. The first-order valence-corrected chi connectivity index (χ1v) is 6.79. The average Bonchev–Trinajstić information content (AvgIpc) is 3.13. The van der Waals surface area contributed by atoms with Gasteiger partial charge in [0.1, 0.15) is 0 Å². The lowest BCUT2D eigenvalue weighted by molar-refractivity contribution is 0.102. The maximum atomic E-state index is 12.3. The van der Waals surface area contributed by atoms with Gasteiger partial charge in [-0.05, 0) is 31.2 Å². The number of rotatable bonds is 2. The SMILES string of the molecule is O=C(Nc1n[nH]c2c1CCNC2)c1ccc2c(c1)OCO2. The smallest absolute Gasteiger partial charge is 0.257 e. The molecule has 108 valence electrons. The number of carbonyl (C=O) groups is 1. The van der Waals surface area contributed by atoms with Gasteiger partial charge in [-0.15, -0.1) is 0 Å². The summed E-state index contributed by atoms with van der Waals surface area (Å²) in [7, 11) is 0. The number of nitrogens with one attached hydrogen (secondary N) is 3. The van der Waals surface area contributed by atoms with Crippen molar-refractivity contribution in [2.45, 2.75) is 13.0 Å². The molecular weight excluding hydrogens is 272 g/mol. The monoisotopic (exact) mass is 286 g/mol. The largest absolute Gasteiger partial charge is 0.454 e. The molecule has 0 fully saturated rings. The summed E-state index contributed by atoms with van der Waals surface area (Å²) in [6.45, 7) is 1.84. The first-order chi connectivity index (χ1) is 10.3. The van der Waals surface area contributed by atoms with E-state index in [1.807, 2.05) is 0 Å². The second-order valence-electron chi connectivity index (χ2n) is 4.98. The molecule has 4 rings (SSSR count). The molecule has 0 aliphatic carbocycles.